The van der Waals surface area contributed by atoms with Crippen molar-refractivity contribution in [3.8, 4) is 0 Å². The highest BCUT2D eigenvalue weighted by Gasteiger charge is 2.12. The molecule has 1 fully saturated rings. The number of benzene rings is 1. The number of rotatable bonds is 6. The first-order valence-corrected chi connectivity index (χ1v) is 9.89. The number of hydrogen-bond donors (Lipinski definition) is 2. The first-order chi connectivity index (χ1) is 14.3. The van der Waals surface area contributed by atoms with Crippen molar-refractivity contribution in [2.24, 2.45) is 0 Å². The van der Waals surface area contributed by atoms with Gasteiger partial charge in [-0.25, -0.2) is 9.97 Å². The fourth-order valence-electron chi connectivity index (χ4n) is 3.37. The number of anilines is 3. The molecule has 4 rings (SSSR count). The van der Waals surface area contributed by atoms with Crippen LogP contribution in [0.15, 0.2) is 61.2 Å². The summed E-state index contributed by atoms with van der Waals surface area (Å²) < 4.78 is 0. The fourth-order valence-corrected chi connectivity index (χ4v) is 3.37. The SMILES string of the molecule is O=C(Nc1ccc(N2CCCCC2)cc1)c1cc(NCc2ccncc2)ncn1. The van der Waals surface area contributed by atoms with Gasteiger partial charge in [-0.1, -0.05) is 0 Å². The Bertz CT molecular complexity index is 939. The van der Waals surface area contributed by atoms with Crippen LogP contribution in [0.3, 0.4) is 0 Å². The third kappa shape index (κ3) is 5.07. The lowest BCUT2D eigenvalue weighted by Gasteiger charge is -2.28. The summed E-state index contributed by atoms with van der Waals surface area (Å²) in [5.41, 5.74) is 3.35. The monoisotopic (exact) mass is 388 g/mol. The van der Waals surface area contributed by atoms with Gasteiger partial charge in [-0.3, -0.25) is 9.78 Å². The minimum atomic E-state index is -0.259. The van der Waals surface area contributed by atoms with Gasteiger partial charge in [-0.15, -0.1) is 0 Å². The lowest BCUT2D eigenvalue weighted by atomic mass is 10.1. The Labute approximate surface area is 170 Å². The van der Waals surface area contributed by atoms with Gasteiger partial charge < -0.3 is 15.5 Å². The number of hydrogen-bond acceptors (Lipinski definition) is 6. The van der Waals surface area contributed by atoms with Crippen molar-refractivity contribution in [3.63, 3.8) is 0 Å². The highest BCUT2D eigenvalue weighted by atomic mass is 16.1. The fraction of sp³-hybridized carbons (Fsp3) is 0.273. The molecule has 1 saturated heterocycles. The predicted octanol–water partition coefficient (Wildman–Crippen LogP) is 3.73. The molecule has 29 heavy (non-hydrogen) atoms. The van der Waals surface area contributed by atoms with E-state index in [0.29, 0.717) is 18.1 Å². The molecule has 2 N–H and O–H groups in total. The normalized spacial score (nSPS) is 13.7. The first-order valence-electron chi connectivity index (χ1n) is 9.89. The van der Waals surface area contributed by atoms with Gasteiger partial charge in [0.2, 0.25) is 0 Å². The number of nitrogens with one attached hydrogen (secondary N) is 2. The van der Waals surface area contributed by atoms with Crippen molar-refractivity contribution >= 4 is 23.1 Å². The van der Waals surface area contributed by atoms with E-state index in [4.69, 9.17) is 0 Å². The van der Waals surface area contributed by atoms with Crippen LogP contribution in [0.1, 0.15) is 35.3 Å². The van der Waals surface area contributed by atoms with Crippen LogP contribution >= 0.6 is 0 Å². The predicted molar refractivity (Wildman–Crippen MR) is 114 cm³/mol. The molecule has 3 heterocycles. The maximum Gasteiger partial charge on any atom is 0.274 e. The van der Waals surface area contributed by atoms with Crippen molar-refractivity contribution in [3.05, 3.63) is 72.4 Å². The van der Waals surface area contributed by atoms with Crippen LogP contribution in [0.25, 0.3) is 0 Å². The molecule has 148 valence electrons. The summed E-state index contributed by atoms with van der Waals surface area (Å²) in [7, 11) is 0. The lowest BCUT2D eigenvalue weighted by Crippen LogP contribution is -2.29. The number of nitrogens with zero attached hydrogens (tertiary/aromatic N) is 4. The van der Waals surface area contributed by atoms with E-state index in [9.17, 15) is 4.79 Å². The minimum absolute atomic E-state index is 0.259. The lowest BCUT2D eigenvalue weighted by molar-refractivity contribution is 0.102. The first kappa shape index (κ1) is 18.9. The van der Waals surface area contributed by atoms with Crippen LogP contribution in [0.4, 0.5) is 17.2 Å². The summed E-state index contributed by atoms with van der Waals surface area (Å²) in [5.74, 6) is 0.340. The maximum atomic E-state index is 12.6. The zero-order chi connectivity index (χ0) is 19.9. The van der Waals surface area contributed by atoms with E-state index in [0.717, 1.165) is 24.3 Å². The summed E-state index contributed by atoms with van der Waals surface area (Å²) in [6.45, 7) is 2.79. The van der Waals surface area contributed by atoms with E-state index < -0.39 is 0 Å². The molecule has 0 bridgehead atoms. The third-order valence-electron chi connectivity index (χ3n) is 4.97. The Morgan fingerprint density at radius 3 is 2.48 bits per heavy atom. The van der Waals surface area contributed by atoms with Crippen LogP contribution in [-0.4, -0.2) is 33.9 Å². The van der Waals surface area contributed by atoms with Crippen LogP contribution < -0.4 is 15.5 Å². The zero-order valence-electron chi connectivity index (χ0n) is 16.2. The summed E-state index contributed by atoms with van der Waals surface area (Å²) in [6, 6.07) is 13.5. The second-order valence-electron chi connectivity index (χ2n) is 7.05. The molecular formula is C22H24N6O. The number of aromatic nitrogens is 3. The molecule has 0 radical (unpaired) electrons. The number of carbonyl (C=O) groups is 1. The van der Waals surface area contributed by atoms with Crippen molar-refractivity contribution in [1.82, 2.24) is 15.0 Å². The molecule has 1 amide bonds. The van der Waals surface area contributed by atoms with Crippen LogP contribution in [0, 0.1) is 0 Å². The van der Waals surface area contributed by atoms with E-state index in [1.54, 1.807) is 18.5 Å². The van der Waals surface area contributed by atoms with E-state index in [2.05, 4.69) is 42.6 Å². The number of amides is 1. The summed E-state index contributed by atoms with van der Waals surface area (Å²) in [5, 5.41) is 6.11. The smallest absolute Gasteiger partial charge is 0.274 e. The molecule has 0 aliphatic carbocycles. The van der Waals surface area contributed by atoms with E-state index >= 15 is 0 Å². The van der Waals surface area contributed by atoms with Gasteiger partial charge >= 0.3 is 0 Å². The van der Waals surface area contributed by atoms with Crippen molar-refractivity contribution in [2.45, 2.75) is 25.8 Å². The van der Waals surface area contributed by atoms with Gasteiger partial charge in [0.15, 0.2) is 0 Å². The van der Waals surface area contributed by atoms with Gasteiger partial charge in [0.1, 0.15) is 17.8 Å². The molecule has 7 nitrogen and oxygen atoms in total. The van der Waals surface area contributed by atoms with Crippen molar-refractivity contribution in [1.29, 1.82) is 0 Å². The Balaban J connectivity index is 1.36. The van der Waals surface area contributed by atoms with Crippen LogP contribution in [-0.2, 0) is 6.54 Å². The van der Waals surface area contributed by atoms with Gasteiger partial charge in [0, 0.05) is 49.5 Å². The second kappa shape index (κ2) is 9.14. The highest BCUT2D eigenvalue weighted by Crippen LogP contribution is 2.22. The largest absolute Gasteiger partial charge is 0.372 e. The number of carbonyl (C=O) groups excluding carboxylic acids is 1. The molecule has 1 aliphatic heterocycles. The van der Waals surface area contributed by atoms with Crippen LogP contribution in [0.5, 0.6) is 0 Å². The standard InChI is InChI=1S/C22H24N6O/c29-22(27-18-4-6-19(7-5-18)28-12-2-1-3-13-28)20-14-21(26-16-25-20)24-15-17-8-10-23-11-9-17/h4-11,14,16H,1-3,12-13,15H2,(H,27,29)(H,24,25,26). The Kier molecular flexibility index (Phi) is 5.95. The van der Waals surface area contributed by atoms with E-state index in [-0.39, 0.29) is 5.91 Å². The summed E-state index contributed by atoms with van der Waals surface area (Å²) >= 11 is 0. The summed E-state index contributed by atoms with van der Waals surface area (Å²) in [6.07, 6.45) is 8.67. The Hall–Kier alpha value is -3.48. The molecule has 1 aliphatic rings. The molecular weight excluding hydrogens is 364 g/mol. The molecule has 0 spiro atoms. The maximum absolute atomic E-state index is 12.6. The molecule has 0 saturated carbocycles. The van der Waals surface area contributed by atoms with Gasteiger partial charge in [-0.2, -0.15) is 0 Å². The van der Waals surface area contributed by atoms with E-state index in [1.807, 2.05) is 24.3 Å². The quantitative estimate of drug-likeness (QED) is 0.670. The number of pyridine rings is 1. The second-order valence-corrected chi connectivity index (χ2v) is 7.05. The minimum Gasteiger partial charge on any atom is -0.372 e. The van der Waals surface area contributed by atoms with Gasteiger partial charge in [0.25, 0.3) is 5.91 Å². The highest BCUT2D eigenvalue weighted by molar-refractivity contribution is 6.03. The average Bonchev–Trinajstić information content (AvgIpc) is 2.80. The topological polar surface area (TPSA) is 83.0 Å². The molecule has 3 aromatic rings. The third-order valence-corrected chi connectivity index (χ3v) is 4.97. The molecule has 1 aromatic carbocycles. The molecule has 7 heteroatoms. The van der Waals surface area contributed by atoms with E-state index in [1.165, 1.54) is 31.3 Å². The van der Waals surface area contributed by atoms with Gasteiger partial charge in [-0.05, 0) is 61.2 Å². The Morgan fingerprint density at radius 2 is 1.72 bits per heavy atom. The molecule has 0 atom stereocenters. The number of piperidine rings is 1. The zero-order valence-corrected chi connectivity index (χ0v) is 16.2. The van der Waals surface area contributed by atoms with Crippen molar-refractivity contribution < 1.29 is 4.79 Å². The molecule has 2 aromatic heterocycles. The average molecular weight is 388 g/mol. The summed E-state index contributed by atoms with van der Waals surface area (Å²) in [4.78, 5) is 27.3. The van der Waals surface area contributed by atoms with Crippen molar-refractivity contribution in [2.75, 3.05) is 28.6 Å². The Morgan fingerprint density at radius 1 is 0.966 bits per heavy atom. The molecule has 0 unspecified atom stereocenters. The van der Waals surface area contributed by atoms with Gasteiger partial charge in [0.05, 0.1) is 0 Å². The van der Waals surface area contributed by atoms with Crippen LogP contribution in [0.2, 0.25) is 0 Å².